The fourth-order valence-corrected chi connectivity index (χ4v) is 3.88. The molecule has 10 nitrogen and oxygen atoms in total. The van der Waals surface area contributed by atoms with Crippen LogP contribution in [0.2, 0.25) is 0 Å². The van der Waals surface area contributed by atoms with Gasteiger partial charge in [0, 0.05) is 19.5 Å². The Bertz CT molecular complexity index is 622. The van der Waals surface area contributed by atoms with Crippen molar-refractivity contribution in [3.8, 4) is 0 Å². The van der Waals surface area contributed by atoms with E-state index in [0.29, 0.717) is 31.7 Å². The largest absolute Gasteiger partial charge is 0.478 e. The topological polar surface area (TPSA) is 148 Å². The second-order valence-corrected chi connectivity index (χ2v) is 8.04. The van der Waals surface area contributed by atoms with Crippen LogP contribution in [-0.2, 0) is 19.2 Å². The van der Waals surface area contributed by atoms with Crippen LogP contribution in [0.5, 0.6) is 0 Å². The molecule has 0 spiro atoms. The molecule has 2 heterocycles. The Morgan fingerprint density at radius 3 is 2.45 bits per heavy atom. The van der Waals surface area contributed by atoms with Gasteiger partial charge in [-0.3, -0.25) is 14.4 Å². The Morgan fingerprint density at radius 1 is 1.14 bits per heavy atom. The highest BCUT2D eigenvalue weighted by atomic mass is 16.4. The first kappa shape index (κ1) is 23.1. The number of carbonyl (C=O) groups excluding carboxylic acids is 3. The molecule has 10 heteroatoms. The molecule has 164 valence electrons. The fraction of sp³-hybridized carbons (Fsp3) is 0.789. The van der Waals surface area contributed by atoms with Crippen LogP contribution in [-0.4, -0.2) is 77.3 Å². The van der Waals surface area contributed by atoms with Crippen molar-refractivity contribution in [1.82, 2.24) is 20.9 Å². The Labute approximate surface area is 170 Å². The average molecular weight is 412 g/mol. The first-order chi connectivity index (χ1) is 13.7. The molecule has 0 bridgehead atoms. The fourth-order valence-electron chi connectivity index (χ4n) is 3.88. The standard InChI is InChI=1S/C19H32N4O6/c1-19(18(28)29,21-15(25)12-24)22-17(27)14-3-2-10-23(11-14)16(26)5-4-13-6-8-20-9-7-13/h13-14,20,24H,2-12H2,1H3,(H,21,25)(H,22,27)(H,28,29)/t14?,19-/m0/s1. The Hall–Kier alpha value is -2.20. The van der Waals surface area contributed by atoms with Crippen molar-refractivity contribution >= 4 is 23.7 Å². The van der Waals surface area contributed by atoms with Crippen LogP contribution in [0.3, 0.4) is 0 Å². The zero-order valence-corrected chi connectivity index (χ0v) is 16.9. The summed E-state index contributed by atoms with van der Waals surface area (Å²) in [6, 6.07) is 0. The molecule has 29 heavy (non-hydrogen) atoms. The number of rotatable bonds is 8. The van der Waals surface area contributed by atoms with Gasteiger partial charge in [0.05, 0.1) is 5.92 Å². The van der Waals surface area contributed by atoms with Crippen LogP contribution in [0.25, 0.3) is 0 Å². The van der Waals surface area contributed by atoms with Gasteiger partial charge in [-0.2, -0.15) is 0 Å². The van der Waals surface area contributed by atoms with Crippen molar-refractivity contribution in [3.63, 3.8) is 0 Å². The first-order valence-corrected chi connectivity index (χ1v) is 10.2. The van der Waals surface area contributed by atoms with Crippen LogP contribution >= 0.6 is 0 Å². The molecule has 2 atom stereocenters. The molecule has 0 saturated carbocycles. The van der Waals surface area contributed by atoms with Crippen LogP contribution in [0, 0.1) is 11.8 Å². The summed E-state index contributed by atoms with van der Waals surface area (Å²) < 4.78 is 0. The second kappa shape index (κ2) is 10.5. The number of hydrogen-bond acceptors (Lipinski definition) is 6. The zero-order valence-electron chi connectivity index (χ0n) is 16.9. The van der Waals surface area contributed by atoms with E-state index in [2.05, 4.69) is 16.0 Å². The molecule has 0 aromatic carbocycles. The number of amides is 3. The molecular formula is C19H32N4O6. The summed E-state index contributed by atoms with van der Waals surface area (Å²) in [5, 5.41) is 26.0. The molecule has 2 rings (SSSR count). The molecule has 0 aromatic heterocycles. The summed E-state index contributed by atoms with van der Waals surface area (Å²) in [6.07, 6.45) is 4.64. The lowest BCUT2D eigenvalue weighted by molar-refractivity contribution is -0.152. The number of likely N-dealkylation sites (tertiary alicyclic amines) is 1. The molecule has 2 aliphatic heterocycles. The monoisotopic (exact) mass is 412 g/mol. The number of carboxylic acids is 1. The lowest BCUT2D eigenvalue weighted by atomic mass is 9.92. The quantitative estimate of drug-likeness (QED) is 0.322. The summed E-state index contributed by atoms with van der Waals surface area (Å²) in [5.41, 5.74) is -2.03. The molecule has 0 radical (unpaired) electrons. The van der Waals surface area contributed by atoms with E-state index in [0.717, 1.165) is 39.3 Å². The van der Waals surface area contributed by atoms with Gasteiger partial charge in [0.2, 0.25) is 23.4 Å². The van der Waals surface area contributed by atoms with Crippen molar-refractivity contribution in [2.24, 2.45) is 11.8 Å². The minimum atomic E-state index is -2.03. The lowest BCUT2D eigenvalue weighted by Gasteiger charge is -2.35. The Morgan fingerprint density at radius 2 is 1.83 bits per heavy atom. The molecule has 1 unspecified atom stereocenters. The molecule has 2 saturated heterocycles. The minimum Gasteiger partial charge on any atom is -0.478 e. The third kappa shape index (κ3) is 6.67. The van der Waals surface area contributed by atoms with E-state index < -0.39 is 36.0 Å². The Kier molecular flexibility index (Phi) is 8.39. The molecule has 0 aromatic rings. The van der Waals surface area contributed by atoms with E-state index in [-0.39, 0.29) is 12.5 Å². The molecule has 0 aliphatic carbocycles. The maximum absolute atomic E-state index is 12.6. The van der Waals surface area contributed by atoms with Crippen LogP contribution < -0.4 is 16.0 Å². The van der Waals surface area contributed by atoms with Crippen molar-refractivity contribution in [2.45, 2.75) is 51.1 Å². The van der Waals surface area contributed by atoms with E-state index in [4.69, 9.17) is 5.11 Å². The number of nitrogens with zero attached hydrogens (tertiary/aromatic N) is 1. The van der Waals surface area contributed by atoms with Gasteiger partial charge in [-0.15, -0.1) is 0 Å². The summed E-state index contributed by atoms with van der Waals surface area (Å²) >= 11 is 0. The number of aliphatic carboxylic acids is 1. The van der Waals surface area contributed by atoms with Gasteiger partial charge < -0.3 is 31.1 Å². The van der Waals surface area contributed by atoms with Gasteiger partial charge in [0.15, 0.2) is 0 Å². The van der Waals surface area contributed by atoms with Crippen LogP contribution in [0.4, 0.5) is 0 Å². The average Bonchev–Trinajstić information content (AvgIpc) is 2.72. The normalized spacial score (nSPS) is 22.4. The molecule has 2 fully saturated rings. The van der Waals surface area contributed by atoms with Gasteiger partial charge in [0.1, 0.15) is 6.61 Å². The maximum atomic E-state index is 12.6. The van der Waals surface area contributed by atoms with Gasteiger partial charge in [-0.1, -0.05) is 0 Å². The summed E-state index contributed by atoms with van der Waals surface area (Å²) in [6.45, 7) is 3.06. The van der Waals surface area contributed by atoms with Crippen molar-refractivity contribution < 1.29 is 29.4 Å². The number of hydrogen-bond donors (Lipinski definition) is 5. The third-order valence-electron chi connectivity index (χ3n) is 5.70. The summed E-state index contributed by atoms with van der Waals surface area (Å²) in [7, 11) is 0. The van der Waals surface area contributed by atoms with Gasteiger partial charge >= 0.3 is 5.97 Å². The molecule has 5 N–H and O–H groups in total. The molecular weight excluding hydrogens is 380 g/mol. The third-order valence-corrected chi connectivity index (χ3v) is 5.70. The molecule has 2 aliphatic rings. The van der Waals surface area contributed by atoms with E-state index in [9.17, 15) is 24.3 Å². The van der Waals surface area contributed by atoms with Gasteiger partial charge in [0.25, 0.3) is 0 Å². The number of aliphatic hydroxyl groups is 1. The van der Waals surface area contributed by atoms with Crippen molar-refractivity contribution in [3.05, 3.63) is 0 Å². The second-order valence-electron chi connectivity index (χ2n) is 8.04. The first-order valence-electron chi connectivity index (χ1n) is 10.2. The zero-order chi connectivity index (χ0) is 21.4. The number of nitrogens with one attached hydrogen (secondary N) is 3. The van der Waals surface area contributed by atoms with Crippen molar-refractivity contribution in [2.75, 3.05) is 32.8 Å². The summed E-state index contributed by atoms with van der Waals surface area (Å²) in [5.74, 6) is -2.86. The highest BCUT2D eigenvalue weighted by Crippen LogP contribution is 2.22. The van der Waals surface area contributed by atoms with E-state index in [1.54, 1.807) is 4.90 Å². The predicted molar refractivity (Wildman–Crippen MR) is 104 cm³/mol. The van der Waals surface area contributed by atoms with Crippen LogP contribution in [0.1, 0.15) is 45.4 Å². The maximum Gasteiger partial charge on any atom is 0.350 e. The van der Waals surface area contributed by atoms with E-state index in [1.807, 2.05) is 0 Å². The van der Waals surface area contributed by atoms with Crippen LogP contribution in [0.15, 0.2) is 0 Å². The van der Waals surface area contributed by atoms with Gasteiger partial charge in [-0.25, -0.2) is 4.79 Å². The number of aliphatic hydroxyl groups excluding tert-OH is 1. The predicted octanol–water partition coefficient (Wildman–Crippen LogP) is -0.970. The minimum absolute atomic E-state index is 0.0237. The van der Waals surface area contributed by atoms with E-state index in [1.165, 1.54) is 0 Å². The molecule has 3 amide bonds. The van der Waals surface area contributed by atoms with Crippen molar-refractivity contribution in [1.29, 1.82) is 0 Å². The smallest absolute Gasteiger partial charge is 0.350 e. The number of carbonyl (C=O) groups is 4. The summed E-state index contributed by atoms with van der Waals surface area (Å²) in [4.78, 5) is 49.8. The van der Waals surface area contributed by atoms with Gasteiger partial charge in [-0.05, 0) is 58.0 Å². The number of piperidine rings is 2. The lowest BCUT2D eigenvalue weighted by Crippen LogP contribution is -2.65. The highest BCUT2D eigenvalue weighted by Gasteiger charge is 2.39. The SMILES string of the molecule is C[C@](NC(=O)CO)(NC(=O)C1CCCN(C(=O)CCC2CCNCC2)C1)C(=O)O. The van der Waals surface area contributed by atoms with E-state index >= 15 is 0 Å². The number of carboxylic acid groups (broad SMARTS) is 1. The highest BCUT2D eigenvalue weighted by molar-refractivity contribution is 5.92. The Balaban J connectivity index is 1.89.